The molecule has 1 amide bonds. The first-order valence-corrected chi connectivity index (χ1v) is 6.80. The van der Waals surface area contributed by atoms with Gasteiger partial charge in [-0.3, -0.25) is 9.69 Å². The summed E-state index contributed by atoms with van der Waals surface area (Å²) in [5.41, 5.74) is 0.860. The van der Waals surface area contributed by atoms with Crippen LogP contribution in [-0.2, 0) is 17.8 Å². The molecule has 0 aliphatic rings. The molecule has 7 heteroatoms. The number of nitrogens with zero attached hydrogens (tertiary/aromatic N) is 4. The van der Waals surface area contributed by atoms with Crippen molar-refractivity contribution in [2.24, 2.45) is 0 Å². The van der Waals surface area contributed by atoms with Gasteiger partial charge in [0, 0.05) is 12.1 Å². The van der Waals surface area contributed by atoms with Gasteiger partial charge in [-0.15, -0.1) is 0 Å². The molecule has 2 rings (SSSR count). The predicted octanol–water partition coefficient (Wildman–Crippen LogP) is 1.41. The second-order valence-electron chi connectivity index (χ2n) is 4.84. The highest BCUT2D eigenvalue weighted by Crippen LogP contribution is 2.05. The van der Waals surface area contributed by atoms with Crippen LogP contribution in [0, 0.1) is 6.92 Å². The molecule has 0 atom stereocenters. The number of aromatic nitrogens is 3. The maximum atomic E-state index is 11.9. The molecule has 2 heterocycles. The Morgan fingerprint density at radius 3 is 2.86 bits per heavy atom. The highest BCUT2D eigenvalue weighted by atomic mass is 16.5. The fourth-order valence-electron chi connectivity index (χ4n) is 1.82. The Kier molecular flexibility index (Phi) is 4.99. The fourth-order valence-corrected chi connectivity index (χ4v) is 1.82. The molecule has 0 aromatic carbocycles. The number of rotatable bonds is 6. The van der Waals surface area contributed by atoms with Gasteiger partial charge in [-0.1, -0.05) is 18.1 Å². The zero-order chi connectivity index (χ0) is 15.2. The molecule has 2 aromatic rings. The highest BCUT2D eigenvalue weighted by molar-refractivity contribution is 5.91. The van der Waals surface area contributed by atoms with Crippen LogP contribution in [-0.4, -0.2) is 39.5 Å². The summed E-state index contributed by atoms with van der Waals surface area (Å²) in [5, 5.41) is 6.58. The molecule has 7 nitrogen and oxygen atoms in total. The molecule has 0 aliphatic carbocycles. The number of carbonyl (C=O) groups is 1. The molecule has 21 heavy (non-hydrogen) atoms. The van der Waals surface area contributed by atoms with Gasteiger partial charge in [0.1, 0.15) is 5.82 Å². The van der Waals surface area contributed by atoms with E-state index in [-0.39, 0.29) is 12.5 Å². The number of amides is 1. The Bertz CT molecular complexity index is 611. The molecule has 0 bridgehead atoms. The molecule has 0 unspecified atom stereocenters. The van der Waals surface area contributed by atoms with E-state index in [0.29, 0.717) is 24.1 Å². The van der Waals surface area contributed by atoms with Crippen LogP contribution in [0.25, 0.3) is 0 Å². The van der Waals surface area contributed by atoms with Crippen molar-refractivity contribution < 1.29 is 9.32 Å². The Morgan fingerprint density at radius 2 is 2.19 bits per heavy atom. The second kappa shape index (κ2) is 6.94. The average molecular weight is 289 g/mol. The molecular weight excluding hydrogens is 270 g/mol. The first-order valence-electron chi connectivity index (χ1n) is 6.80. The van der Waals surface area contributed by atoms with Crippen molar-refractivity contribution >= 4 is 11.7 Å². The van der Waals surface area contributed by atoms with Gasteiger partial charge in [0.05, 0.1) is 13.1 Å². The first-order chi connectivity index (χ1) is 10.1. The van der Waals surface area contributed by atoms with Crippen LogP contribution in [0.4, 0.5) is 5.82 Å². The number of carbonyl (C=O) groups excluding carboxylic acids is 1. The maximum absolute atomic E-state index is 11.9. The zero-order valence-electron chi connectivity index (χ0n) is 12.5. The van der Waals surface area contributed by atoms with E-state index < -0.39 is 0 Å². The van der Waals surface area contributed by atoms with Gasteiger partial charge >= 0.3 is 0 Å². The number of hydrogen-bond acceptors (Lipinski definition) is 6. The van der Waals surface area contributed by atoms with Crippen molar-refractivity contribution in [2.45, 2.75) is 26.8 Å². The van der Waals surface area contributed by atoms with E-state index in [2.05, 4.69) is 20.4 Å². The summed E-state index contributed by atoms with van der Waals surface area (Å²) in [5.74, 6) is 1.60. The standard InChI is InChI=1S/C14H19N5O2/c1-4-11-17-14(21-18-11)9-19(3)8-13(20)16-12-7-5-6-10(2)15-12/h5-7H,4,8-9H2,1-3H3,(H,15,16,20). The zero-order valence-corrected chi connectivity index (χ0v) is 12.5. The van der Waals surface area contributed by atoms with Gasteiger partial charge in [0.25, 0.3) is 0 Å². The van der Waals surface area contributed by atoms with Crippen LogP contribution in [0.5, 0.6) is 0 Å². The summed E-state index contributed by atoms with van der Waals surface area (Å²) in [4.78, 5) is 22.2. The van der Waals surface area contributed by atoms with Crippen molar-refractivity contribution in [1.29, 1.82) is 0 Å². The molecule has 1 N–H and O–H groups in total. The Hall–Kier alpha value is -2.28. The second-order valence-corrected chi connectivity index (χ2v) is 4.84. The first kappa shape index (κ1) is 15.1. The van der Waals surface area contributed by atoms with Crippen LogP contribution in [0.2, 0.25) is 0 Å². The SMILES string of the molecule is CCc1noc(CN(C)CC(=O)Nc2cccc(C)n2)n1. The van der Waals surface area contributed by atoms with Gasteiger partial charge in [0.2, 0.25) is 11.8 Å². The van der Waals surface area contributed by atoms with E-state index in [0.717, 1.165) is 12.1 Å². The van der Waals surface area contributed by atoms with E-state index in [1.807, 2.05) is 33.0 Å². The molecule has 0 radical (unpaired) electrons. The van der Waals surface area contributed by atoms with E-state index in [1.165, 1.54) is 0 Å². The van der Waals surface area contributed by atoms with Gasteiger partial charge in [0.15, 0.2) is 5.82 Å². The van der Waals surface area contributed by atoms with Gasteiger partial charge < -0.3 is 9.84 Å². The number of nitrogens with one attached hydrogen (secondary N) is 1. The average Bonchev–Trinajstić information content (AvgIpc) is 2.85. The number of aryl methyl sites for hydroxylation is 2. The minimum Gasteiger partial charge on any atom is -0.338 e. The third-order valence-corrected chi connectivity index (χ3v) is 2.80. The summed E-state index contributed by atoms with van der Waals surface area (Å²) in [6, 6.07) is 5.49. The number of likely N-dealkylation sites (N-methyl/N-ethyl adjacent to an activating group) is 1. The fraction of sp³-hybridized carbons (Fsp3) is 0.429. The third-order valence-electron chi connectivity index (χ3n) is 2.80. The third kappa shape index (κ3) is 4.64. The van der Waals surface area contributed by atoms with Crippen LogP contribution in [0.15, 0.2) is 22.7 Å². The van der Waals surface area contributed by atoms with Crippen molar-refractivity contribution in [2.75, 3.05) is 18.9 Å². The molecular formula is C14H19N5O2. The van der Waals surface area contributed by atoms with Crippen molar-refractivity contribution in [3.05, 3.63) is 35.6 Å². The molecule has 0 spiro atoms. The predicted molar refractivity (Wildman–Crippen MR) is 77.6 cm³/mol. The molecule has 0 saturated heterocycles. The van der Waals surface area contributed by atoms with Gasteiger partial charge in [-0.2, -0.15) is 4.98 Å². The summed E-state index contributed by atoms with van der Waals surface area (Å²) in [6.07, 6.45) is 0.729. The quantitative estimate of drug-likeness (QED) is 0.865. The number of pyridine rings is 1. The lowest BCUT2D eigenvalue weighted by Crippen LogP contribution is -2.30. The maximum Gasteiger partial charge on any atom is 0.240 e. The molecule has 112 valence electrons. The lowest BCUT2D eigenvalue weighted by atomic mass is 10.3. The highest BCUT2D eigenvalue weighted by Gasteiger charge is 2.12. The Morgan fingerprint density at radius 1 is 1.38 bits per heavy atom. The monoisotopic (exact) mass is 289 g/mol. The Balaban J connectivity index is 1.84. The molecule has 0 saturated carbocycles. The largest absolute Gasteiger partial charge is 0.338 e. The summed E-state index contributed by atoms with van der Waals surface area (Å²) in [7, 11) is 1.82. The van der Waals surface area contributed by atoms with E-state index in [4.69, 9.17) is 4.52 Å². The van der Waals surface area contributed by atoms with Crippen LogP contribution in [0.1, 0.15) is 24.3 Å². The van der Waals surface area contributed by atoms with Gasteiger partial charge in [-0.05, 0) is 26.1 Å². The smallest absolute Gasteiger partial charge is 0.240 e. The van der Waals surface area contributed by atoms with Gasteiger partial charge in [-0.25, -0.2) is 4.98 Å². The minimum absolute atomic E-state index is 0.133. The Labute approximate surface area is 123 Å². The minimum atomic E-state index is -0.133. The lowest BCUT2D eigenvalue weighted by Gasteiger charge is -2.13. The van der Waals surface area contributed by atoms with Crippen LogP contribution < -0.4 is 5.32 Å². The topological polar surface area (TPSA) is 84.2 Å². The summed E-state index contributed by atoms with van der Waals surface area (Å²) < 4.78 is 5.09. The number of anilines is 1. The van der Waals surface area contributed by atoms with Crippen LogP contribution in [0.3, 0.4) is 0 Å². The molecule has 2 aromatic heterocycles. The summed E-state index contributed by atoms with van der Waals surface area (Å²) in [6.45, 7) is 4.49. The van der Waals surface area contributed by atoms with Crippen molar-refractivity contribution in [3.8, 4) is 0 Å². The molecule has 0 fully saturated rings. The van der Waals surface area contributed by atoms with E-state index >= 15 is 0 Å². The normalized spacial score (nSPS) is 10.9. The van der Waals surface area contributed by atoms with E-state index in [9.17, 15) is 4.79 Å². The van der Waals surface area contributed by atoms with Crippen molar-refractivity contribution in [1.82, 2.24) is 20.0 Å². The summed E-state index contributed by atoms with van der Waals surface area (Å²) >= 11 is 0. The molecule has 0 aliphatic heterocycles. The van der Waals surface area contributed by atoms with Crippen LogP contribution >= 0.6 is 0 Å². The lowest BCUT2D eigenvalue weighted by molar-refractivity contribution is -0.117. The van der Waals surface area contributed by atoms with E-state index in [1.54, 1.807) is 11.0 Å². The van der Waals surface area contributed by atoms with Crippen molar-refractivity contribution in [3.63, 3.8) is 0 Å². The number of hydrogen-bond donors (Lipinski definition) is 1.